The van der Waals surface area contributed by atoms with Crippen LogP contribution in [0.5, 0.6) is 0 Å². The molecule has 0 bridgehead atoms. The first-order valence-electron chi connectivity index (χ1n) is 8.16. The van der Waals surface area contributed by atoms with Crippen molar-refractivity contribution in [3.05, 3.63) is 46.3 Å². The van der Waals surface area contributed by atoms with E-state index >= 15 is 0 Å². The molecule has 2 amide bonds. The van der Waals surface area contributed by atoms with Gasteiger partial charge in [-0.3, -0.25) is 9.59 Å². The summed E-state index contributed by atoms with van der Waals surface area (Å²) in [4.78, 5) is 32.1. The van der Waals surface area contributed by atoms with Gasteiger partial charge in [0, 0.05) is 23.7 Å². The van der Waals surface area contributed by atoms with Gasteiger partial charge in [-0.05, 0) is 43.3 Å². The highest BCUT2D eigenvalue weighted by Crippen LogP contribution is 2.20. The Morgan fingerprint density at radius 2 is 2.21 bits per heavy atom. The van der Waals surface area contributed by atoms with Gasteiger partial charge in [0.1, 0.15) is 5.82 Å². The lowest BCUT2D eigenvalue weighted by atomic mass is 9.97. The number of aryl methyl sites for hydroxylation is 1. The van der Waals surface area contributed by atoms with Crippen molar-refractivity contribution in [2.45, 2.75) is 26.2 Å². The van der Waals surface area contributed by atoms with Gasteiger partial charge >= 0.3 is 0 Å². The molecule has 0 radical (unpaired) electrons. The van der Waals surface area contributed by atoms with Crippen molar-refractivity contribution in [2.24, 2.45) is 5.92 Å². The average molecular weight is 343 g/mol. The average Bonchev–Trinajstić information content (AvgIpc) is 3.08. The number of likely N-dealkylation sites (tertiary alicyclic amines) is 1. The summed E-state index contributed by atoms with van der Waals surface area (Å²) in [7, 11) is 0. The Morgan fingerprint density at radius 3 is 2.96 bits per heavy atom. The summed E-state index contributed by atoms with van der Waals surface area (Å²) in [6.07, 6.45) is 2.08. The van der Waals surface area contributed by atoms with Crippen molar-refractivity contribution >= 4 is 29.0 Å². The number of nitrogens with one attached hydrogen (secondary N) is 1. The molecule has 0 spiro atoms. The Bertz CT molecular complexity index is 715. The number of pyridine rings is 1. The van der Waals surface area contributed by atoms with Crippen molar-refractivity contribution in [1.29, 1.82) is 0 Å². The van der Waals surface area contributed by atoms with Crippen LogP contribution in [0.25, 0.3) is 0 Å². The first kappa shape index (κ1) is 16.6. The Balaban J connectivity index is 1.58. The molecule has 0 aliphatic carbocycles. The lowest BCUT2D eigenvalue weighted by Crippen LogP contribution is -2.44. The monoisotopic (exact) mass is 343 g/mol. The molecule has 5 nitrogen and oxygen atoms in total. The van der Waals surface area contributed by atoms with E-state index in [4.69, 9.17) is 0 Å². The van der Waals surface area contributed by atoms with E-state index in [0.717, 1.165) is 30.0 Å². The molecule has 1 atom stereocenters. The van der Waals surface area contributed by atoms with Gasteiger partial charge in [-0.25, -0.2) is 4.98 Å². The summed E-state index contributed by atoms with van der Waals surface area (Å²) < 4.78 is 0. The van der Waals surface area contributed by atoms with E-state index in [1.807, 2.05) is 41.5 Å². The number of amides is 2. The van der Waals surface area contributed by atoms with E-state index in [9.17, 15) is 9.59 Å². The lowest BCUT2D eigenvalue weighted by molar-refractivity contribution is -0.133. The van der Waals surface area contributed by atoms with E-state index in [1.165, 1.54) is 0 Å². The smallest absolute Gasteiger partial charge is 0.230 e. The van der Waals surface area contributed by atoms with Crippen LogP contribution >= 0.6 is 11.3 Å². The van der Waals surface area contributed by atoms with E-state index in [-0.39, 0.29) is 17.7 Å². The number of rotatable bonds is 4. The number of aromatic nitrogens is 1. The molecule has 3 heterocycles. The van der Waals surface area contributed by atoms with Gasteiger partial charge in [0.05, 0.1) is 12.3 Å². The summed E-state index contributed by atoms with van der Waals surface area (Å²) in [6, 6.07) is 9.47. The Hall–Kier alpha value is -2.21. The van der Waals surface area contributed by atoms with Crippen LogP contribution in [0.4, 0.5) is 5.82 Å². The normalized spacial score (nSPS) is 17.5. The summed E-state index contributed by atoms with van der Waals surface area (Å²) in [5.41, 5.74) is 0.865. The fourth-order valence-corrected chi connectivity index (χ4v) is 3.63. The molecule has 3 rings (SSSR count). The zero-order chi connectivity index (χ0) is 16.9. The first-order valence-corrected chi connectivity index (χ1v) is 9.04. The number of hydrogen-bond donors (Lipinski definition) is 1. The maximum Gasteiger partial charge on any atom is 0.230 e. The number of carbonyl (C=O) groups is 2. The SMILES string of the molecule is Cc1cccc(NC(=O)[C@@H]2CCCN(C(=O)Cc3cccs3)C2)n1. The van der Waals surface area contributed by atoms with Crippen molar-refractivity contribution < 1.29 is 9.59 Å². The predicted octanol–water partition coefficient (Wildman–Crippen LogP) is 2.87. The van der Waals surface area contributed by atoms with Crippen LogP contribution in [0.1, 0.15) is 23.4 Å². The number of thiophene rings is 1. The minimum Gasteiger partial charge on any atom is -0.342 e. The minimum atomic E-state index is -0.173. The molecule has 1 saturated heterocycles. The molecular weight excluding hydrogens is 322 g/mol. The Morgan fingerprint density at radius 1 is 1.33 bits per heavy atom. The molecular formula is C18H21N3O2S. The second-order valence-corrected chi connectivity index (χ2v) is 7.12. The van der Waals surface area contributed by atoms with Crippen molar-refractivity contribution in [1.82, 2.24) is 9.88 Å². The van der Waals surface area contributed by atoms with Crippen molar-refractivity contribution in [2.75, 3.05) is 18.4 Å². The van der Waals surface area contributed by atoms with Crippen LogP contribution in [0.3, 0.4) is 0 Å². The summed E-state index contributed by atoms with van der Waals surface area (Å²) >= 11 is 1.59. The van der Waals surface area contributed by atoms with E-state index < -0.39 is 0 Å². The van der Waals surface area contributed by atoms with Gasteiger partial charge < -0.3 is 10.2 Å². The van der Waals surface area contributed by atoms with E-state index in [0.29, 0.717) is 18.8 Å². The van der Waals surface area contributed by atoms with Gasteiger partial charge in [0.2, 0.25) is 11.8 Å². The number of nitrogens with zero attached hydrogens (tertiary/aromatic N) is 2. The second-order valence-electron chi connectivity index (χ2n) is 6.09. The highest BCUT2D eigenvalue weighted by molar-refractivity contribution is 7.10. The maximum atomic E-state index is 12.5. The third-order valence-corrected chi connectivity index (χ3v) is 5.07. The molecule has 1 fully saturated rings. The minimum absolute atomic E-state index is 0.0540. The molecule has 6 heteroatoms. The van der Waals surface area contributed by atoms with Crippen LogP contribution in [0, 0.1) is 12.8 Å². The zero-order valence-corrected chi connectivity index (χ0v) is 14.5. The molecule has 0 unspecified atom stereocenters. The molecule has 0 saturated carbocycles. The van der Waals surface area contributed by atoms with Crippen LogP contribution in [0.15, 0.2) is 35.7 Å². The van der Waals surface area contributed by atoms with Gasteiger partial charge in [-0.1, -0.05) is 12.1 Å². The fraction of sp³-hybridized carbons (Fsp3) is 0.389. The molecule has 1 N–H and O–H groups in total. The van der Waals surface area contributed by atoms with Crippen molar-refractivity contribution in [3.8, 4) is 0 Å². The molecule has 24 heavy (non-hydrogen) atoms. The number of carbonyl (C=O) groups excluding carboxylic acids is 2. The van der Waals surface area contributed by atoms with Crippen LogP contribution in [0.2, 0.25) is 0 Å². The van der Waals surface area contributed by atoms with Crippen LogP contribution < -0.4 is 5.32 Å². The third kappa shape index (κ3) is 4.20. The second kappa shape index (κ2) is 7.57. The highest BCUT2D eigenvalue weighted by Gasteiger charge is 2.28. The van der Waals surface area contributed by atoms with Crippen LogP contribution in [-0.4, -0.2) is 34.8 Å². The quantitative estimate of drug-likeness (QED) is 0.928. The van der Waals surface area contributed by atoms with Crippen molar-refractivity contribution in [3.63, 3.8) is 0 Å². The summed E-state index contributed by atoms with van der Waals surface area (Å²) in [5.74, 6) is 0.445. The largest absolute Gasteiger partial charge is 0.342 e. The molecule has 2 aromatic rings. The Labute approximate surface area is 145 Å². The van der Waals surface area contributed by atoms with Gasteiger partial charge in [-0.15, -0.1) is 11.3 Å². The molecule has 0 aromatic carbocycles. The van der Waals surface area contributed by atoms with Gasteiger partial charge in [0.25, 0.3) is 0 Å². The number of hydrogen-bond acceptors (Lipinski definition) is 4. The molecule has 1 aliphatic rings. The summed E-state index contributed by atoms with van der Waals surface area (Å²) in [6.45, 7) is 3.11. The first-order chi connectivity index (χ1) is 11.6. The highest BCUT2D eigenvalue weighted by atomic mass is 32.1. The topological polar surface area (TPSA) is 62.3 Å². The van der Waals surface area contributed by atoms with E-state index in [1.54, 1.807) is 17.4 Å². The predicted molar refractivity (Wildman–Crippen MR) is 94.9 cm³/mol. The number of piperidine rings is 1. The zero-order valence-electron chi connectivity index (χ0n) is 13.7. The Kier molecular flexibility index (Phi) is 5.25. The standard InChI is InChI=1S/C18H21N3O2S/c1-13-5-2-8-16(19-13)20-18(23)14-6-3-9-21(12-14)17(22)11-15-7-4-10-24-15/h2,4-5,7-8,10,14H,3,6,9,11-12H2,1H3,(H,19,20,23)/t14-/m1/s1. The molecule has 126 valence electrons. The van der Waals surface area contributed by atoms with Crippen LogP contribution in [-0.2, 0) is 16.0 Å². The fourth-order valence-electron chi connectivity index (χ4n) is 2.93. The van der Waals surface area contributed by atoms with E-state index in [2.05, 4.69) is 10.3 Å². The molecule has 2 aromatic heterocycles. The lowest BCUT2D eigenvalue weighted by Gasteiger charge is -2.32. The summed E-state index contributed by atoms with van der Waals surface area (Å²) in [5, 5.41) is 4.85. The maximum absolute atomic E-state index is 12.5. The van der Waals surface area contributed by atoms with Gasteiger partial charge in [-0.2, -0.15) is 0 Å². The molecule has 1 aliphatic heterocycles. The third-order valence-electron chi connectivity index (χ3n) is 4.19. The number of anilines is 1. The van der Waals surface area contributed by atoms with Gasteiger partial charge in [0.15, 0.2) is 0 Å².